The van der Waals surface area contributed by atoms with Gasteiger partial charge >= 0.3 is 0 Å². The number of fused-ring (bicyclic) bond motifs is 7. The van der Waals surface area contributed by atoms with Crippen LogP contribution in [0, 0.1) is 0 Å². The summed E-state index contributed by atoms with van der Waals surface area (Å²) in [5.41, 5.74) is 14.8. The highest BCUT2D eigenvalue weighted by molar-refractivity contribution is 6.23. The van der Waals surface area contributed by atoms with Crippen molar-refractivity contribution < 1.29 is 0 Å². The molecule has 2 N–H and O–H groups in total. The number of nitrogens with one attached hydrogen (secondary N) is 2. The molecule has 5 heteroatoms. The molecule has 1 aliphatic heterocycles. The maximum absolute atomic E-state index is 5.45. The van der Waals surface area contributed by atoms with E-state index < -0.39 is 0 Å². The fourth-order valence-electron chi connectivity index (χ4n) is 9.62. The minimum Gasteiger partial charge on any atom is -0.337 e. The van der Waals surface area contributed by atoms with Gasteiger partial charge in [-0.1, -0.05) is 206 Å². The van der Waals surface area contributed by atoms with Crippen LogP contribution in [0.3, 0.4) is 0 Å². The lowest BCUT2D eigenvalue weighted by Gasteiger charge is -2.34. The van der Waals surface area contributed by atoms with Crippen LogP contribution in [-0.4, -0.2) is 15.0 Å². The summed E-state index contributed by atoms with van der Waals surface area (Å²) >= 11 is 0. The number of amidine groups is 1. The fraction of sp³-hybridized carbons (Fsp3) is 0.0351. The predicted molar refractivity (Wildman–Crippen MR) is 258 cm³/mol. The molecule has 0 radical (unpaired) electrons. The van der Waals surface area contributed by atoms with Crippen molar-refractivity contribution in [3.05, 3.63) is 236 Å². The van der Waals surface area contributed by atoms with Crippen molar-refractivity contribution in [2.75, 3.05) is 0 Å². The van der Waals surface area contributed by atoms with Crippen molar-refractivity contribution in [3.8, 4) is 39.1 Å². The van der Waals surface area contributed by atoms with Crippen LogP contribution in [0.25, 0.3) is 82.7 Å². The minimum atomic E-state index is -0.389. The highest BCUT2D eigenvalue weighted by Gasteiger charge is 2.31. The number of rotatable bonds is 7. The van der Waals surface area contributed by atoms with Gasteiger partial charge in [0.1, 0.15) is 12.0 Å². The summed E-state index contributed by atoms with van der Waals surface area (Å²) in [6.45, 7) is 0. The number of nitrogens with zero attached hydrogens (tertiary/aromatic N) is 3. The summed E-state index contributed by atoms with van der Waals surface area (Å²) in [6, 6.07) is 80.5. The summed E-state index contributed by atoms with van der Waals surface area (Å²) in [7, 11) is 0. The molecular formula is C57H41N5. The maximum Gasteiger partial charge on any atom is 0.162 e. The van der Waals surface area contributed by atoms with Gasteiger partial charge in [-0.15, -0.1) is 0 Å². The molecular weight excluding hydrogens is 755 g/mol. The summed E-state index contributed by atoms with van der Waals surface area (Å²) < 4.78 is 5.01. The van der Waals surface area contributed by atoms with Crippen LogP contribution in [0.2, 0.25) is 0 Å². The molecule has 0 aliphatic carbocycles. The van der Waals surface area contributed by atoms with E-state index in [0.29, 0.717) is 0 Å². The lowest BCUT2D eigenvalue weighted by molar-refractivity contribution is 0.330. The Bertz CT molecular complexity index is 3460. The van der Waals surface area contributed by atoms with Gasteiger partial charge in [-0.05, 0) is 51.6 Å². The number of para-hydroxylation sites is 2. The standard InChI is InChI=1S/C57H41N5/c1-5-19-38(20-6-1)42-33-34-44(40-23-9-3-10-24-40)52(37-42)61-50-31-17-15-28-45(50)47-35-36-48-46-29-16-18-32-51(46)62(54(48)53(47)61)57-59-55(41-25-11-4-12-26-41)58-56(60-57)49-30-14-13-27-43(49)39-21-7-2-8-22-39/h1-37,55,57,59H,(H,58,60). The Morgan fingerprint density at radius 2 is 0.919 bits per heavy atom. The number of benzene rings is 9. The van der Waals surface area contributed by atoms with Crippen LogP contribution >= 0.6 is 0 Å². The third-order valence-corrected chi connectivity index (χ3v) is 12.4. The lowest BCUT2D eigenvalue weighted by atomic mass is 9.98. The minimum absolute atomic E-state index is 0.324. The van der Waals surface area contributed by atoms with E-state index in [2.05, 4.69) is 244 Å². The Labute approximate surface area is 359 Å². The summed E-state index contributed by atoms with van der Waals surface area (Å²) in [6.07, 6.45) is -0.713. The molecule has 294 valence electrons. The average Bonchev–Trinajstić information content (AvgIpc) is 3.88. The molecule has 12 rings (SSSR count). The van der Waals surface area contributed by atoms with Gasteiger partial charge in [0.15, 0.2) is 6.29 Å². The van der Waals surface area contributed by atoms with Crippen molar-refractivity contribution in [3.63, 3.8) is 0 Å². The number of aromatic nitrogens is 2. The smallest absolute Gasteiger partial charge is 0.162 e. The Kier molecular flexibility index (Phi) is 8.65. The van der Waals surface area contributed by atoms with Crippen LogP contribution in [0.1, 0.15) is 23.6 Å². The molecule has 3 heterocycles. The van der Waals surface area contributed by atoms with Gasteiger partial charge in [-0.3, -0.25) is 5.32 Å². The van der Waals surface area contributed by atoms with E-state index in [1.54, 1.807) is 0 Å². The molecule has 0 fully saturated rings. The SMILES string of the molecule is c1ccc(-c2ccc(-c3ccccc3)c(-n3c4ccccc4c4ccc5c6ccccc6n(C6NC(c7ccccc7-c7ccccc7)=NC(c7ccccc7)N6)c5c43)c2)cc1. The van der Waals surface area contributed by atoms with Crippen LogP contribution < -0.4 is 10.6 Å². The summed E-state index contributed by atoms with van der Waals surface area (Å²) in [5, 5.41) is 12.8. The first-order valence-electron chi connectivity index (χ1n) is 21.3. The van der Waals surface area contributed by atoms with Crippen molar-refractivity contribution in [2.45, 2.75) is 12.5 Å². The van der Waals surface area contributed by atoms with Gasteiger partial charge in [-0.2, -0.15) is 0 Å². The third kappa shape index (κ3) is 5.93. The molecule has 0 bridgehead atoms. The predicted octanol–water partition coefficient (Wildman–Crippen LogP) is 13.7. The summed E-state index contributed by atoms with van der Waals surface area (Å²) in [4.78, 5) is 5.45. The largest absolute Gasteiger partial charge is 0.337 e. The number of hydrogen-bond acceptors (Lipinski definition) is 3. The first-order valence-corrected chi connectivity index (χ1v) is 21.3. The average molecular weight is 796 g/mol. The van der Waals surface area contributed by atoms with E-state index in [4.69, 9.17) is 4.99 Å². The molecule has 2 atom stereocenters. The van der Waals surface area contributed by atoms with Crippen LogP contribution in [0.5, 0.6) is 0 Å². The molecule has 11 aromatic rings. The van der Waals surface area contributed by atoms with Gasteiger partial charge in [-0.25, -0.2) is 4.99 Å². The van der Waals surface area contributed by atoms with Gasteiger partial charge in [0.25, 0.3) is 0 Å². The molecule has 0 amide bonds. The molecule has 0 saturated carbocycles. The van der Waals surface area contributed by atoms with Crippen molar-refractivity contribution >= 4 is 49.4 Å². The highest BCUT2D eigenvalue weighted by atomic mass is 15.4. The Morgan fingerprint density at radius 3 is 1.61 bits per heavy atom. The first kappa shape index (κ1) is 35.9. The van der Waals surface area contributed by atoms with E-state index in [0.717, 1.165) is 67.0 Å². The molecule has 0 spiro atoms. The number of hydrogen-bond donors (Lipinski definition) is 2. The molecule has 62 heavy (non-hydrogen) atoms. The highest BCUT2D eigenvalue weighted by Crippen LogP contribution is 2.44. The molecule has 2 aromatic heterocycles. The Morgan fingerprint density at radius 1 is 0.387 bits per heavy atom. The monoisotopic (exact) mass is 795 g/mol. The molecule has 1 aliphatic rings. The van der Waals surface area contributed by atoms with Gasteiger partial charge in [0.2, 0.25) is 0 Å². The second-order valence-corrected chi connectivity index (χ2v) is 16.0. The van der Waals surface area contributed by atoms with Gasteiger partial charge < -0.3 is 14.5 Å². The van der Waals surface area contributed by atoms with E-state index in [1.165, 1.54) is 32.7 Å². The molecule has 2 unspecified atom stereocenters. The fourth-order valence-corrected chi connectivity index (χ4v) is 9.62. The topological polar surface area (TPSA) is 46.3 Å². The second kappa shape index (κ2) is 14.9. The van der Waals surface area contributed by atoms with Crippen molar-refractivity contribution in [1.82, 2.24) is 19.8 Å². The van der Waals surface area contributed by atoms with E-state index in [9.17, 15) is 0 Å². The zero-order valence-corrected chi connectivity index (χ0v) is 33.9. The van der Waals surface area contributed by atoms with E-state index in [1.807, 2.05) is 0 Å². The van der Waals surface area contributed by atoms with Gasteiger partial charge in [0.05, 0.1) is 27.8 Å². The van der Waals surface area contributed by atoms with Crippen molar-refractivity contribution in [1.29, 1.82) is 0 Å². The Balaban J connectivity index is 1.16. The summed E-state index contributed by atoms with van der Waals surface area (Å²) in [5.74, 6) is 0.836. The Hall–Kier alpha value is -7.99. The quantitative estimate of drug-likeness (QED) is 0.169. The maximum atomic E-state index is 5.45. The van der Waals surface area contributed by atoms with Crippen LogP contribution in [-0.2, 0) is 0 Å². The first-order chi connectivity index (χ1) is 30.8. The van der Waals surface area contributed by atoms with E-state index in [-0.39, 0.29) is 12.5 Å². The zero-order valence-electron chi connectivity index (χ0n) is 33.9. The van der Waals surface area contributed by atoms with Crippen LogP contribution in [0.4, 0.5) is 0 Å². The van der Waals surface area contributed by atoms with Crippen molar-refractivity contribution in [2.24, 2.45) is 4.99 Å². The molecule has 5 nitrogen and oxygen atoms in total. The normalized spacial score (nSPS) is 15.3. The lowest BCUT2D eigenvalue weighted by Crippen LogP contribution is -2.48. The zero-order chi connectivity index (χ0) is 41.0. The third-order valence-electron chi connectivity index (χ3n) is 12.4. The van der Waals surface area contributed by atoms with E-state index >= 15 is 0 Å². The molecule has 0 saturated heterocycles. The molecule has 9 aromatic carbocycles. The van der Waals surface area contributed by atoms with Gasteiger partial charge in [0, 0.05) is 32.7 Å². The van der Waals surface area contributed by atoms with Crippen LogP contribution in [0.15, 0.2) is 229 Å². The number of aliphatic imine (C=N–C) groups is 1. The second-order valence-electron chi connectivity index (χ2n) is 16.0.